The first-order valence-electron chi connectivity index (χ1n) is 7.87. The highest BCUT2D eigenvalue weighted by Crippen LogP contribution is 2.25. The quantitative estimate of drug-likeness (QED) is 0.373. The van der Waals surface area contributed by atoms with Crippen LogP contribution in [0.15, 0.2) is 54.0 Å². The van der Waals surface area contributed by atoms with Crippen LogP contribution in [0.25, 0.3) is 5.70 Å². The molecule has 0 saturated heterocycles. The van der Waals surface area contributed by atoms with Crippen LogP contribution >= 0.6 is 0 Å². The van der Waals surface area contributed by atoms with Crippen molar-refractivity contribution in [3.8, 4) is 0 Å². The number of aliphatic imine (C=N–C) groups is 1. The van der Waals surface area contributed by atoms with E-state index in [4.69, 9.17) is 17.2 Å². The van der Waals surface area contributed by atoms with Crippen LogP contribution in [0.1, 0.15) is 30.0 Å². The van der Waals surface area contributed by atoms with E-state index in [9.17, 15) is 0 Å². The Kier molecular flexibility index (Phi) is 5.39. The number of nitrogens with two attached hydrogens (primary N) is 3. The molecule has 0 aliphatic heterocycles. The molecule has 24 heavy (non-hydrogen) atoms. The Morgan fingerprint density at radius 2 is 1.88 bits per heavy atom. The van der Waals surface area contributed by atoms with Crippen LogP contribution in [0.2, 0.25) is 0 Å². The minimum Gasteiger partial charge on any atom is -0.398 e. The van der Waals surface area contributed by atoms with E-state index in [0.29, 0.717) is 17.8 Å². The van der Waals surface area contributed by atoms with Crippen LogP contribution in [0.5, 0.6) is 0 Å². The van der Waals surface area contributed by atoms with Gasteiger partial charge in [-0.2, -0.15) is 0 Å². The van der Waals surface area contributed by atoms with Gasteiger partial charge in [-0.1, -0.05) is 43.8 Å². The minimum atomic E-state index is -1.02. The van der Waals surface area contributed by atoms with Crippen LogP contribution in [-0.2, 0) is 0 Å². The van der Waals surface area contributed by atoms with Gasteiger partial charge < -0.3 is 11.1 Å². The average Bonchev–Trinajstić information content (AvgIpc) is 2.56. The zero-order valence-electron chi connectivity index (χ0n) is 14.2. The van der Waals surface area contributed by atoms with Gasteiger partial charge in [-0.25, -0.2) is 0 Å². The zero-order chi connectivity index (χ0) is 17.7. The Bertz CT molecular complexity index is 748. The van der Waals surface area contributed by atoms with Crippen molar-refractivity contribution < 1.29 is 0 Å². The second-order valence-corrected chi connectivity index (χ2v) is 5.85. The van der Waals surface area contributed by atoms with Crippen molar-refractivity contribution in [3.05, 3.63) is 65.7 Å². The lowest BCUT2D eigenvalue weighted by Gasteiger charge is -2.27. The van der Waals surface area contributed by atoms with Crippen molar-refractivity contribution in [2.75, 3.05) is 5.73 Å². The number of hydrogen-bond donors (Lipinski definition) is 4. The molecule has 0 amide bonds. The van der Waals surface area contributed by atoms with Crippen LogP contribution in [-0.4, -0.2) is 12.0 Å². The number of para-hydroxylation sites is 1. The Morgan fingerprint density at radius 3 is 2.50 bits per heavy atom. The first-order chi connectivity index (χ1) is 11.3. The normalized spacial score (nSPS) is 11.7. The number of aryl methyl sites for hydroxylation is 1. The highest BCUT2D eigenvalue weighted by Gasteiger charge is 2.18. The van der Waals surface area contributed by atoms with E-state index in [0.717, 1.165) is 22.4 Å². The first kappa shape index (κ1) is 17.7. The molecule has 5 nitrogen and oxygen atoms in total. The van der Waals surface area contributed by atoms with E-state index in [2.05, 4.69) is 16.9 Å². The van der Waals surface area contributed by atoms with Crippen LogP contribution in [0.4, 0.5) is 11.4 Å². The Labute approximate surface area is 143 Å². The van der Waals surface area contributed by atoms with Gasteiger partial charge in [0.15, 0.2) is 0 Å². The maximum atomic E-state index is 6.26. The van der Waals surface area contributed by atoms with Crippen molar-refractivity contribution in [1.29, 1.82) is 0 Å². The smallest absolute Gasteiger partial charge is 0.138 e. The third-order valence-electron chi connectivity index (χ3n) is 3.90. The monoisotopic (exact) mass is 323 g/mol. The second kappa shape index (κ2) is 7.29. The number of benzene rings is 2. The molecule has 126 valence electrons. The molecule has 2 rings (SSSR count). The molecule has 0 aliphatic carbocycles. The predicted molar refractivity (Wildman–Crippen MR) is 103 cm³/mol. The maximum absolute atomic E-state index is 6.26. The number of rotatable bonds is 6. The number of nitrogens with zero attached hydrogens (tertiary/aromatic N) is 1. The molecule has 2 aromatic rings. The molecule has 0 saturated carbocycles. The van der Waals surface area contributed by atoms with Crippen LogP contribution in [0, 0.1) is 6.92 Å². The topological polar surface area (TPSA) is 102 Å². The molecule has 0 spiro atoms. The third-order valence-corrected chi connectivity index (χ3v) is 3.90. The second-order valence-electron chi connectivity index (χ2n) is 5.85. The summed E-state index contributed by atoms with van der Waals surface area (Å²) in [7, 11) is 0. The Morgan fingerprint density at radius 1 is 1.21 bits per heavy atom. The van der Waals surface area contributed by atoms with Gasteiger partial charge in [-0.3, -0.25) is 16.5 Å². The lowest BCUT2D eigenvalue weighted by molar-refractivity contribution is 0.388. The molecule has 0 aromatic heterocycles. The molecule has 0 unspecified atom stereocenters. The van der Waals surface area contributed by atoms with Gasteiger partial charge in [-0.15, -0.1) is 0 Å². The molecular formula is C19H25N5. The molecule has 0 aliphatic rings. The number of nitrogens with one attached hydrogen (secondary N) is 1. The van der Waals surface area contributed by atoms with Crippen LogP contribution < -0.4 is 22.5 Å². The van der Waals surface area contributed by atoms with Crippen molar-refractivity contribution in [3.63, 3.8) is 0 Å². The summed E-state index contributed by atoms with van der Waals surface area (Å²) in [5, 5.41) is 3.05. The molecule has 0 radical (unpaired) electrons. The van der Waals surface area contributed by atoms with Gasteiger partial charge in [-0.05, 0) is 31.0 Å². The highest BCUT2D eigenvalue weighted by atomic mass is 15.2. The summed E-state index contributed by atoms with van der Waals surface area (Å²) in [4.78, 5) is 4.50. The molecule has 2 aromatic carbocycles. The standard InChI is InChI=1S/C19H25N5/c1-4-19(21,22)24-14(3)16-11-10-13(2)18(20)17(16)12-23-15-8-6-5-7-9-15/h5-12,24H,3-4,20-22H2,1-2H3. The van der Waals surface area contributed by atoms with Crippen molar-refractivity contribution in [2.24, 2.45) is 16.5 Å². The van der Waals surface area contributed by atoms with Gasteiger partial charge in [0, 0.05) is 28.7 Å². The van der Waals surface area contributed by atoms with Crippen molar-refractivity contribution in [2.45, 2.75) is 26.1 Å². The fraction of sp³-hybridized carbons (Fsp3) is 0.211. The number of nitrogen functional groups attached to an aromatic ring is 1. The van der Waals surface area contributed by atoms with E-state index in [1.54, 1.807) is 6.21 Å². The first-order valence-corrected chi connectivity index (χ1v) is 7.87. The zero-order valence-corrected chi connectivity index (χ0v) is 14.2. The van der Waals surface area contributed by atoms with Gasteiger partial charge in [0.2, 0.25) is 0 Å². The molecular weight excluding hydrogens is 298 g/mol. The summed E-state index contributed by atoms with van der Waals surface area (Å²) in [5.41, 5.74) is 22.9. The lowest BCUT2D eigenvalue weighted by atomic mass is 10.00. The largest absolute Gasteiger partial charge is 0.398 e. The molecule has 0 bridgehead atoms. The van der Waals surface area contributed by atoms with Crippen molar-refractivity contribution >= 4 is 23.3 Å². The average molecular weight is 323 g/mol. The van der Waals surface area contributed by atoms with E-state index < -0.39 is 5.79 Å². The SMILES string of the molecule is C=C(NC(N)(N)CC)c1ccc(C)c(N)c1C=Nc1ccccc1. The number of anilines is 1. The van der Waals surface area contributed by atoms with Gasteiger partial charge >= 0.3 is 0 Å². The fourth-order valence-electron chi connectivity index (χ4n) is 2.24. The van der Waals surface area contributed by atoms with Gasteiger partial charge in [0.25, 0.3) is 0 Å². The summed E-state index contributed by atoms with van der Waals surface area (Å²) in [6.07, 6.45) is 2.31. The molecule has 0 heterocycles. The minimum absolute atomic E-state index is 0.556. The van der Waals surface area contributed by atoms with E-state index in [-0.39, 0.29) is 0 Å². The Balaban J connectivity index is 2.41. The third kappa shape index (κ3) is 4.22. The van der Waals surface area contributed by atoms with Gasteiger partial charge in [0.05, 0.1) is 5.69 Å². The maximum Gasteiger partial charge on any atom is 0.138 e. The van der Waals surface area contributed by atoms with E-state index >= 15 is 0 Å². The molecule has 0 fully saturated rings. The lowest BCUT2D eigenvalue weighted by Crippen LogP contribution is -2.59. The van der Waals surface area contributed by atoms with Crippen molar-refractivity contribution in [1.82, 2.24) is 5.32 Å². The predicted octanol–water partition coefficient (Wildman–Crippen LogP) is 2.87. The summed E-state index contributed by atoms with van der Waals surface area (Å²) in [6.45, 7) is 7.92. The summed E-state index contributed by atoms with van der Waals surface area (Å²) in [6, 6.07) is 13.6. The summed E-state index contributed by atoms with van der Waals surface area (Å²) >= 11 is 0. The Hall–Kier alpha value is -2.63. The fourth-order valence-corrected chi connectivity index (χ4v) is 2.24. The summed E-state index contributed by atoms with van der Waals surface area (Å²) in [5.74, 6) is -1.02. The van der Waals surface area contributed by atoms with E-state index in [1.807, 2.05) is 56.3 Å². The molecule has 0 atom stereocenters. The van der Waals surface area contributed by atoms with Gasteiger partial charge in [0.1, 0.15) is 5.79 Å². The molecule has 5 heteroatoms. The van der Waals surface area contributed by atoms with E-state index in [1.165, 1.54) is 0 Å². The summed E-state index contributed by atoms with van der Waals surface area (Å²) < 4.78 is 0. The van der Waals surface area contributed by atoms with Crippen LogP contribution in [0.3, 0.4) is 0 Å². The molecule has 7 N–H and O–H groups in total. The number of hydrogen-bond acceptors (Lipinski definition) is 5. The highest BCUT2D eigenvalue weighted by molar-refractivity contribution is 5.95.